The molecule has 0 bridgehead atoms. The first kappa shape index (κ1) is 13.6. The molecule has 116 valence electrons. The fourth-order valence-corrected chi connectivity index (χ4v) is 2.44. The van der Waals surface area contributed by atoms with Gasteiger partial charge >= 0.3 is 5.97 Å². The molecule has 0 aliphatic carbocycles. The Morgan fingerprint density at radius 1 is 1.39 bits per heavy atom. The highest BCUT2D eigenvalue weighted by molar-refractivity contribution is 5.97. The van der Waals surface area contributed by atoms with E-state index in [1.165, 1.54) is 6.20 Å². The van der Waals surface area contributed by atoms with Gasteiger partial charge in [0.25, 0.3) is 0 Å². The number of carboxylic acid groups (broad SMARTS) is 1. The Morgan fingerprint density at radius 2 is 2.17 bits per heavy atom. The third-order valence-corrected chi connectivity index (χ3v) is 3.83. The third kappa shape index (κ3) is 2.01. The summed E-state index contributed by atoms with van der Waals surface area (Å²) < 4.78 is 5.50. The number of aromatic nitrogens is 3. The van der Waals surface area contributed by atoms with E-state index in [-0.39, 0.29) is 39.5 Å². The van der Waals surface area contributed by atoms with Crippen LogP contribution < -0.4 is 16.5 Å². The van der Waals surface area contributed by atoms with Crippen molar-refractivity contribution in [3.8, 4) is 0 Å². The summed E-state index contributed by atoms with van der Waals surface area (Å²) in [6.07, 6.45) is 1.43. The molecule has 3 aromatic rings. The minimum Gasteiger partial charge on any atom is -0.478 e. The van der Waals surface area contributed by atoms with Crippen LogP contribution in [0.2, 0.25) is 0 Å². The maximum atomic E-state index is 12.6. The second-order valence-corrected chi connectivity index (χ2v) is 5.31. The fourth-order valence-electron chi connectivity index (χ4n) is 2.44. The second kappa shape index (κ2) is 4.71. The summed E-state index contributed by atoms with van der Waals surface area (Å²) in [5, 5.41) is 12.2. The van der Waals surface area contributed by atoms with Crippen LogP contribution in [0.4, 0.5) is 5.82 Å². The predicted molar refractivity (Wildman–Crippen MR) is 80.4 cm³/mol. The molecular formula is C14H11N5O4. The lowest BCUT2D eigenvalue weighted by molar-refractivity contribution is 0.0698. The van der Waals surface area contributed by atoms with Crippen molar-refractivity contribution >= 4 is 34.0 Å². The van der Waals surface area contributed by atoms with E-state index in [0.717, 1.165) is 19.2 Å². The van der Waals surface area contributed by atoms with E-state index < -0.39 is 11.4 Å². The maximum Gasteiger partial charge on any atom is 0.339 e. The molecule has 9 heteroatoms. The first-order valence-electron chi connectivity index (χ1n) is 6.88. The lowest BCUT2D eigenvalue weighted by atomic mass is 10.0. The summed E-state index contributed by atoms with van der Waals surface area (Å²) in [5.74, 6) is -0.760. The first-order valence-corrected chi connectivity index (χ1v) is 6.88. The SMILES string of the molecule is Nc1nc2oc3cnc(C4CNC4)nc3c(=O)c2cc1C(=O)O. The monoisotopic (exact) mass is 313 g/mol. The molecule has 0 radical (unpaired) electrons. The van der Waals surface area contributed by atoms with Crippen molar-refractivity contribution < 1.29 is 14.3 Å². The molecule has 0 saturated carbocycles. The Kier molecular flexibility index (Phi) is 2.78. The molecule has 1 aliphatic heterocycles. The number of hydrogen-bond acceptors (Lipinski definition) is 8. The number of hydrogen-bond donors (Lipinski definition) is 3. The van der Waals surface area contributed by atoms with E-state index in [2.05, 4.69) is 20.3 Å². The minimum atomic E-state index is -1.26. The van der Waals surface area contributed by atoms with Crippen molar-refractivity contribution in [1.82, 2.24) is 20.3 Å². The Morgan fingerprint density at radius 3 is 2.83 bits per heavy atom. The highest BCUT2D eigenvalue weighted by atomic mass is 16.4. The summed E-state index contributed by atoms with van der Waals surface area (Å²) >= 11 is 0. The Hall–Kier alpha value is -3.07. The Balaban J connectivity index is 2.02. The van der Waals surface area contributed by atoms with Gasteiger partial charge in [-0.1, -0.05) is 0 Å². The zero-order chi connectivity index (χ0) is 16.1. The summed E-state index contributed by atoms with van der Waals surface area (Å²) in [7, 11) is 0. The molecule has 1 aliphatic rings. The third-order valence-electron chi connectivity index (χ3n) is 3.83. The first-order chi connectivity index (χ1) is 11.0. The van der Waals surface area contributed by atoms with Crippen LogP contribution in [0.3, 0.4) is 0 Å². The lowest BCUT2D eigenvalue weighted by Gasteiger charge is -2.25. The van der Waals surface area contributed by atoms with Crippen molar-refractivity contribution in [1.29, 1.82) is 0 Å². The van der Waals surface area contributed by atoms with E-state index in [1.807, 2.05) is 0 Å². The molecule has 0 unspecified atom stereocenters. The number of anilines is 1. The molecular weight excluding hydrogens is 302 g/mol. The average Bonchev–Trinajstić information content (AvgIpc) is 2.45. The van der Waals surface area contributed by atoms with Gasteiger partial charge in [0.15, 0.2) is 11.1 Å². The van der Waals surface area contributed by atoms with Gasteiger partial charge in [-0.15, -0.1) is 0 Å². The molecule has 0 atom stereocenters. The minimum absolute atomic E-state index is 0.0282. The summed E-state index contributed by atoms with van der Waals surface area (Å²) in [6.45, 7) is 1.51. The smallest absolute Gasteiger partial charge is 0.339 e. The highest BCUT2D eigenvalue weighted by Crippen LogP contribution is 2.22. The number of carbonyl (C=O) groups is 1. The van der Waals surface area contributed by atoms with Crippen LogP contribution in [0.5, 0.6) is 0 Å². The van der Waals surface area contributed by atoms with E-state index in [0.29, 0.717) is 5.82 Å². The van der Waals surface area contributed by atoms with Gasteiger partial charge in [-0.25, -0.2) is 14.8 Å². The molecule has 0 amide bonds. The van der Waals surface area contributed by atoms with E-state index >= 15 is 0 Å². The fraction of sp³-hybridized carbons (Fsp3) is 0.214. The van der Waals surface area contributed by atoms with Gasteiger partial charge in [-0.3, -0.25) is 4.79 Å². The van der Waals surface area contributed by atoms with Crippen molar-refractivity contribution in [2.75, 3.05) is 18.8 Å². The zero-order valence-electron chi connectivity index (χ0n) is 11.7. The number of nitrogens with zero attached hydrogens (tertiary/aromatic N) is 3. The normalized spacial score (nSPS) is 15.0. The van der Waals surface area contributed by atoms with Gasteiger partial charge in [0.2, 0.25) is 11.1 Å². The van der Waals surface area contributed by atoms with Gasteiger partial charge in [-0.05, 0) is 6.07 Å². The molecule has 4 N–H and O–H groups in total. The van der Waals surface area contributed by atoms with Gasteiger partial charge in [0.05, 0.1) is 11.6 Å². The van der Waals surface area contributed by atoms with Crippen LogP contribution in [-0.2, 0) is 0 Å². The number of rotatable bonds is 2. The van der Waals surface area contributed by atoms with E-state index in [1.54, 1.807) is 0 Å². The van der Waals surface area contributed by atoms with Gasteiger partial charge in [0, 0.05) is 19.0 Å². The number of pyridine rings is 1. The summed E-state index contributed by atoms with van der Waals surface area (Å²) in [5.41, 5.74) is 5.14. The quantitative estimate of drug-likeness (QED) is 0.561. The Bertz CT molecular complexity index is 1030. The Labute approximate surface area is 128 Å². The number of carboxylic acids is 1. The second-order valence-electron chi connectivity index (χ2n) is 5.31. The summed E-state index contributed by atoms with van der Waals surface area (Å²) in [4.78, 5) is 36.1. The molecule has 3 aromatic heterocycles. The molecule has 4 heterocycles. The number of nitrogens with one attached hydrogen (secondary N) is 1. The van der Waals surface area contributed by atoms with Crippen LogP contribution in [0.25, 0.3) is 22.2 Å². The topological polar surface area (TPSA) is 144 Å². The van der Waals surface area contributed by atoms with Gasteiger partial charge in [-0.2, -0.15) is 4.98 Å². The zero-order valence-corrected chi connectivity index (χ0v) is 11.7. The van der Waals surface area contributed by atoms with E-state index in [9.17, 15) is 9.59 Å². The molecule has 1 fully saturated rings. The average molecular weight is 313 g/mol. The molecule has 4 rings (SSSR count). The van der Waals surface area contributed by atoms with Crippen molar-refractivity contribution in [3.63, 3.8) is 0 Å². The maximum absolute atomic E-state index is 12.6. The molecule has 9 nitrogen and oxygen atoms in total. The van der Waals surface area contributed by atoms with Crippen LogP contribution >= 0.6 is 0 Å². The number of fused-ring (bicyclic) bond motifs is 2. The van der Waals surface area contributed by atoms with Crippen LogP contribution in [0.15, 0.2) is 21.5 Å². The number of nitrogens with two attached hydrogens (primary N) is 1. The molecule has 23 heavy (non-hydrogen) atoms. The standard InChI is InChI=1S/C14H11N5O4/c15-11-7(14(21)22)1-6-10(20)9-8(23-13(6)19-11)4-17-12(18-9)5-2-16-3-5/h1,4-5,16H,2-3H2,(H2,15,19)(H,21,22). The van der Waals surface area contributed by atoms with E-state index in [4.69, 9.17) is 15.3 Å². The largest absolute Gasteiger partial charge is 0.478 e. The van der Waals surface area contributed by atoms with Crippen LogP contribution in [0, 0.1) is 0 Å². The molecule has 0 aromatic carbocycles. The van der Waals surface area contributed by atoms with Crippen LogP contribution in [0.1, 0.15) is 22.1 Å². The number of aromatic carboxylic acids is 1. The number of nitrogen functional groups attached to an aromatic ring is 1. The van der Waals surface area contributed by atoms with Crippen molar-refractivity contribution in [3.05, 3.63) is 33.9 Å². The summed E-state index contributed by atoms with van der Waals surface area (Å²) in [6, 6.07) is 1.16. The van der Waals surface area contributed by atoms with Gasteiger partial charge < -0.3 is 20.6 Å². The van der Waals surface area contributed by atoms with Crippen molar-refractivity contribution in [2.45, 2.75) is 5.92 Å². The highest BCUT2D eigenvalue weighted by Gasteiger charge is 2.23. The van der Waals surface area contributed by atoms with Crippen LogP contribution in [-0.4, -0.2) is 39.1 Å². The lowest BCUT2D eigenvalue weighted by Crippen LogP contribution is -2.40. The van der Waals surface area contributed by atoms with Gasteiger partial charge in [0.1, 0.15) is 17.2 Å². The molecule has 1 saturated heterocycles. The predicted octanol–water partition coefficient (Wildman–Crippen LogP) is 0.0984. The van der Waals surface area contributed by atoms with Crippen molar-refractivity contribution in [2.24, 2.45) is 0 Å². The molecule has 0 spiro atoms.